The Morgan fingerprint density at radius 1 is 1.43 bits per heavy atom. The number of aliphatic carboxylic acids is 1. The average molecular weight is 424 g/mol. The van der Waals surface area contributed by atoms with E-state index in [1.807, 2.05) is 25.1 Å². The summed E-state index contributed by atoms with van der Waals surface area (Å²) >= 11 is 7.05. The van der Waals surface area contributed by atoms with Crippen molar-refractivity contribution in [1.82, 2.24) is 9.36 Å². The van der Waals surface area contributed by atoms with Crippen LogP contribution in [0.25, 0.3) is 0 Å². The lowest BCUT2D eigenvalue weighted by atomic mass is 10.1. The maximum absolute atomic E-state index is 11.3. The Labute approximate surface area is 174 Å². The predicted molar refractivity (Wildman–Crippen MR) is 114 cm³/mol. The third-order valence-electron chi connectivity index (χ3n) is 4.63. The molecular formula is C19H26ClN5O2S. The third-order valence-corrected chi connectivity index (χ3v) is 5.53. The van der Waals surface area contributed by atoms with Gasteiger partial charge in [-0.1, -0.05) is 19.9 Å². The van der Waals surface area contributed by atoms with Crippen LogP contribution in [0.5, 0.6) is 0 Å². The zero-order chi connectivity index (χ0) is 20.4. The van der Waals surface area contributed by atoms with Crippen molar-refractivity contribution >= 4 is 45.6 Å². The fourth-order valence-corrected chi connectivity index (χ4v) is 4.15. The zero-order valence-corrected chi connectivity index (χ0v) is 17.8. The molecule has 1 aliphatic rings. The Hall–Kier alpha value is -1.90. The summed E-state index contributed by atoms with van der Waals surface area (Å²) in [7, 11) is 0. The lowest BCUT2D eigenvalue weighted by Crippen LogP contribution is -2.38. The Balaban J connectivity index is 1.95. The summed E-state index contributed by atoms with van der Waals surface area (Å²) in [6.07, 6.45) is 0.675. The summed E-state index contributed by atoms with van der Waals surface area (Å²) in [6.45, 7) is 7.89. The van der Waals surface area contributed by atoms with Gasteiger partial charge in [0.05, 0.1) is 17.3 Å². The first-order chi connectivity index (χ1) is 13.2. The van der Waals surface area contributed by atoms with Crippen molar-refractivity contribution in [2.24, 2.45) is 17.6 Å². The standard InChI is InChI=1S/C19H26ClN5O2S/c1-10(2)8-25(9-11(3)21)16-5-4-12(13-7-14(13)17(26)27)6-15(16)22-19-23-18(20)24-28-19/h4-6,10-11,13-14H,7-9,21H2,1-3H3,(H,26,27)(H,22,23,24)/t11?,13-,14-/m0/s1. The fraction of sp³-hybridized carbons (Fsp3) is 0.526. The van der Waals surface area contributed by atoms with Gasteiger partial charge >= 0.3 is 5.97 Å². The second-order valence-corrected chi connectivity index (χ2v) is 8.92. The highest BCUT2D eigenvalue weighted by Crippen LogP contribution is 2.49. The number of benzene rings is 1. The van der Waals surface area contributed by atoms with Crippen molar-refractivity contribution in [3.63, 3.8) is 0 Å². The van der Waals surface area contributed by atoms with Crippen LogP contribution in [-0.2, 0) is 4.79 Å². The normalized spacial score (nSPS) is 19.5. The van der Waals surface area contributed by atoms with Gasteiger partial charge in [0.25, 0.3) is 0 Å². The van der Waals surface area contributed by atoms with Crippen molar-refractivity contribution in [3.8, 4) is 0 Å². The van der Waals surface area contributed by atoms with E-state index in [0.29, 0.717) is 24.0 Å². The molecular weight excluding hydrogens is 398 g/mol. The molecule has 1 aromatic carbocycles. The molecule has 3 rings (SSSR count). The van der Waals surface area contributed by atoms with Crippen LogP contribution in [0.4, 0.5) is 16.5 Å². The van der Waals surface area contributed by atoms with Crippen molar-refractivity contribution in [1.29, 1.82) is 0 Å². The van der Waals surface area contributed by atoms with Crippen LogP contribution in [0.15, 0.2) is 18.2 Å². The molecule has 7 nitrogen and oxygen atoms in total. The van der Waals surface area contributed by atoms with Gasteiger partial charge in [-0.2, -0.15) is 9.36 Å². The number of aromatic nitrogens is 2. The average Bonchev–Trinajstić information content (AvgIpc) is 3.30. The molecule has 0 radical (unpaired) electrons. The van der Waals surface area contributed by atoms with Gasteiger partial charge in [0.1, 0.15) is 0 Å². The largest absolute Gasteiger partial charge is 0.481 e. The van der Waals surface area contributed by atoms with Gasteiger partial charge in [0, 0.05) is 30.7 Å². The minimum absolute atomic E-state index is 0.0158. The molecule has 4 N–H and O–H groups in total. The minimum Gasteiger partial charge on any atom is -0.481 e. The molecule has 3 atom stereocenters. The summed E-state index contributed by atoms with van der Waals surface area (Å²) in [6, 6.07) is 6.10. The zero-order valence-electron chi connectivity index (χ0n) is 16.2. The number of hydrogen-bond acceptors (Lipinski definition) is 7. The number of hydrogen-bond donors (Lipinski definition) is 3. The molecule has 0 bridgehead atoms. The molecule has 1 unspecified atom stereocenters. The van der Waals surface area contributed by atoms with Crippen LogP contribution in [0.2, 0.25) is 5.28 Å². The van der Waals surface area contributed by atoms with E-state index in [-0.39, 0.29) is 23.2 Å². The van der Waals surface area contributed by atoms with E-state index in [4.69, 9.17) is 17.3 Å². The number of carboxylic acids is 1. The van der Waals surface area contributed by atoms with E-state index < -0.39 is 5.97 Å². The number of nitrogens with one attached hydrogen (secondary N) is 1. The van der Waals surface area contributed by atoms with Crippen molar-refractivity contribution in [3.05, 3.63) is 29.0 Å². The number of carbonyl (C=O) groups is 1. The Morgan fingerprint density at radius 3 is 2.71 bits per heavy atom. The molecule has 1 aliphatic carbocycles. The molecule has 1 aromatic heterocycles. The maximum Gasteiger partial charge on any atom is 0.307 e. The molecule has 2 aromatic rings. The number of carboxylic acid groups (broad SMARTS) is 1. The van der Waals surface area contributed by atoms with Gasteiger partial charge in [0.15, 0.2) is 0 Å². The minimum atomic E-state index is -0.738. The van der Waals surface area contributed by atoms with Crippen LogP contribution in [-0.4, -0.2) is 39.6 Å². The summed E-state index contributed by atoms with van der Waals surface area (Å²) in [5.74, 6) is -0.525. The Morgan fingerprint density at radius 2 is 2.18 bits per heavy atom. The van der Waals surface area contributed by atoms with Crippen molar-refractivity contribution in [2.75, 3.05) is 23.3 Å². The first-order valence-corrected chi connectivity index (χ1v) is 10.5. The lowest BCUT2D eigenvalue weighted by Gasteiger charge is -2.30. The molecule has 0 amide bonds. The van der Waals surface area contributed by atoms with Crippen LogP contribution in [0.1, 0.15) is 38.7 Å². The van der Waals surface area contributed by atoms with Gasteiger partial charge in [0.2, 0.25) is 10.4 Å². The lowest BCUT2D eigenvalue weighted by molar-refractivity contribution is -0.138. The summed E-state index contributed by atoms with van der Waals surface area (Å²) in [5.41, 5.74) is 8.97. The van der Waals surface area contributed by atoms with Crippen LogP contribution in [0.3, 0.4) is 0 Å². The third kappa shape index (κ3) is 5.12. The molecule has 9 heteroatoms. The molecule has 1 saturated carbocycles. The van der Waals surface area contributed by atoms with E-state index in [2.05, 4.69) is 33.4 Å². The van der Waals surface area contributed by atoms with Crippen molar-refractivity contribution < 1.29 is 9.90 Å². The fourth-order valence-electron chi connectivity index (χ4n) is 3.43. The number of nitrogens with two attached hydrogens (primary N) is 1. The van der Waals surface area contributed by atoms with Gasteiger partial charge in [-0.15, -0.1) is 0 Å². The summed E-state index contributed by atoms with van der Waals surface area (Å²) in [4.78, 5) is 17.7. The molecule has 0 spiro atoms. The topological polar surface area (TPSA) is 104 Å². The number of rotatable bonds is 9. The highest BCUT2D eigenvalue weighted by Gasteiger charge is 2.44. The smallest absolute Gasteiger partial charge is 0.307 e. The Bertz CT molecular complexity index is 831. The number of nitrogens with zero attached hydrogens (tertiary/aromatic N) is 3. The first kappa shape index (κ1) is 20.8. The second kappa shape index (κ2) is 8.63. The highest BCUT2D eigenvalue weighted by molar-refractivity contribution is 7.10. The number of anilines is 3. The molecule has 1 fully saturated rings. The Kier molecular flexibility index (Phi) is 6.42. The van der Waals surface area contributed by atoms with E-state index in [0.717, 1.165) is 23.5 Å². The van der Waals surface area contributed by atoms with Crippen molar-refractivity contribution in [2.45, 2.75) is 39.2 Å². The molecule has 0 saturated heterocycles. The van der Waals surface area contributed by atoms with Gasteiger partial charge < -0.3 is 21.1 Å². The molecule has 28 heavy (non-hydrogen) atoms. The highest BCUT2D eigenvalue weighted by atomic mass is 35.5. The summed E-state index contributed by atoms with van der Waals surface area (Å²) < 4.78 is 4.01. The van der Waals surface area contributed by atoms with Gasteiger partial charge in [-0.05, 0) is 54.5 Å². The van der Waals surface area contributed by atoms with Crippen LogP contribution >= 0.6 is 23.1 Å². The first-order valence-electron chi connectivity index (χ1n) is 9.38. The monoisotopic (exact) mass is 423 g/mol. The van der Waals surface area contributed by atoms with E-state index in [9.17, 15) is 9.90 Å². The predicted octanol–water partition coefficient (Wildman–Crippen LogP) is 3.93. The summed E-state index contributed by atoms with van der Waals surface area (Å²) in [5, 5.41) is 13.4. The van der Waals surface area contributed by atoms with Crippen LogP contribution in [0, 0.1) is 11.8 Å². The van der Waals surface area contributed by atoms with Gasteiger partial charge in [-0.25, -0.2) is 0 Å². The van der Waals surface area contributed by atoms with E-state index in [1.54, 1.807) is 0 Å². The quantitative estimate of drug-likeness (QED) is 0.561. The van der Waals surface area contributed by atoms with E-state index >= 15 is 0 Å². The number of halogens is 1. The van der Waals surface area contributed by atoms with E-state index in [1.165, 1.54) is 11.5 Å². The maximum atomic E-state index is 11.3. The SMILES string of the molecule is CC(C)CN(CC(C)N)c1ccc([C@@H]2C[C@@H]2C(=O)O)cc1Nc1nc(Cl)ns1. The molecule has 1 heterocycles. The second-order valence-electron chi connectivity index (χ2n) is 7.83. The molecule has 152 valence electrons. The molecule has 0 aliphatic heterocycles. The van der Waals surface area contributed by atoms with Crippen LogP contribution < -0.4 is 16.0 Å². The van der Waals surface area contributed by atoms with Gasteiger partial charge in [-0.3, -0.25) is 4.79 Å².